The summed E-state index contributed by atoms with van der Waals surface area (Å²) in [6.45, 7) is 1.76. The van der Waals surface area contributed by atoms with E-state index in [1.54, 1.807) is 12.1 Å². The van der Waals surface area contributed by atoms with Crippen LogP contribution in [-0.4, -0.2) is 23.9 Å². The third kappa shape index (κ3) is 1.42. The van der Waals surface area contributed by atoms with E-state index in [4.69, 9.17) is 9.84 Å². The Morgan fingerprint density at radius 1 is 1.57 bits per heavy atom. The van der Waals surface area contributed by atoms with Crippen molar-refractivity contribution in [2.24, 2.45) is 0 Å². The van der Waals surface area contributed by atoms with Gasteiger partial charge in [-0.2, -0.15) is 0 Å². The first-order chi connectivity index (χ1) is 6.72. The zero-order valence-electron chi connectivity index (χ0n) is 7.83. The van der Waals surface area contributed by atoms with Crippen molar-refractivity contribution < 1.29 is 14.2 Å². The van der Waals surface area contributed by atoms with E-state index in [2.05, 4.69) is 5.32 Å². The smallest absolute Gasteiger partial charge is 0.178 e. The van der Waals surface area contributed by atoms with Crippen molar-refractivity contribution in [3.8, 4) is 5.75 Å². The highest BCUT2D eigenvalue weighted by Gasteiger charge is 2.27. The average molecular weight is 197 g/mol. The molecule has 1 aliphatic heterocycles. The summed E-state index contributed by atoms with van der Waals surface area (Å²) in [7, 11) is 0. The van der Waals surface area contributed by atoms with E-state index in [0.29, 0.717) is 5.69 Å². The van der Waals surface area contributed by atoms with Gasteiger partial charge in [0.05, 0.1) is 18.3 Å². The lowest BCUT2D eigenvalue weighted by atomic mass is 10.1. The van der Waals surface area contributed by atoms with Crippen molar-refractivity contribution in [3.05, 3.63) is 24.0 Å². The van der Waals surface area contributed by atoms with Gasteiger partial charge in [0.2, 0.25) is 0 Å². The molecule has 2 N–H and O–H groups in total. The van der Waals surface area contributed by atoms with Crippen molar-refractivity contribution in [1.82, 2.24) is 0 Å². The number of aliphatic hydroxyl groups is 1. The third-order valence-electron chi connectivity index (χ3n) is 2.36. The number of ether oxygens (including phenoxy) is 1. The molecule has 0 aliphatic carbocycles. The Kier molecular flexibility index (Phi) is 2.29. The molecule has 14 heavy (non-hydrogen) atoms. The Bertz CT molecular complexity index is 343. The molecule has 0 fully saturated rings. The highest BCUT2D eigenvalue weighted by atomic mass is 19.1. The van der Waals surface area contributed by atoms with Gasteiger partial charge in [0, 0.05) is 0 Å². The average Bonchev–Trinajstić information content (AvgIpc) is 2.17. The lowest BCUT2D eigenvalue weighted by Gasteiger charge is -2.31. The fraction of sp³-hybridized carbons (Fsp3) is 0.400. The first-order valence-electron chi connectivity index (χ1n) is 4.55. The molecular formula is C10H12FNO2. The first-order valence-corrected chi connectivity index (χ1v) is 4.55. The van der Waals surface area contributed by atoms with Crippen LogP contribution in [0.25, 0.3) is 0 Å². The summed E-state index contributed by atoms with van der Waals surface area (Å²) in [5, 5.41) is 12.1. The highest BCUT2D eigenvalue weighted by molar-refractivity contribution is 5.59. The van der Waals surface area contributed by atoms with Crippen molar-refractivity contribution in [2.45, 2.75) is 19.1 Å². The van der Waals surface area contributed by atoms with E-state index in [-0.39, 0.29) is 24.5 Å². The van der Waals surface area contributed by atoms with E-state index in [0.717, 1.165) is 0 Å². The largest absolute Gasteiger partial charge is 0.481 e. The molecule has 2 unspecified atom stereocenters. The summed E-state index contributed by atoms with van der Waals surface area (Å²) in [5.74, 6) is -0.204. The molecule has 1 aromatic carbocycles. The number of nitrogens with one attached hydrogen (secondary N) is 1. The summed E-state index contributed by atoms with van der Waals surface area (Å²) in [4.78, 5) is 0. The number of fused-ring (bicyclic) bond motifs is 1. The molecule has 1 aliphatic rings. The Labute approximate surface area is 81.5 Å². The van der Waals surface area contributed by atoms with Crippen LogP contribution in [-0.2, 0) is 0 Å². The molecule has 3 nitrogen and oxygen atoms in total. The van der Waals surface area contributed by atoms with Gasteiger partial charge in [0.15, 0.2) is 11.6 Å². The van der Waals surface area contributed by atoms with Gasteiger partial charge in [-0.25, -0.2) is 4.39 Å². The molecule has 0 spiro atoms. The predicted molar refractivity (Wildman–Crippen MR) is 51.0 cm³/mol. The lowest BCUT2D eigenvalue weighted by molar-refractivity contribution is 0.0937. The molecule has 2 atom stereocenters. The minimum atomic E-state index is -0.402. The van der Waals surface area contributed by atoms with Crippen LogP contribution in [0.15, 0.2) is 18.2 Å². The summed E-state index contributed by atoms with van der Waals surface area (Å²) in [6.07, 6.45) is -0.389. The molecule has 0 saturated heterocycles. The van der Waals surface area contributed by atoms with E-state index in [1.165, 1.54) is 6.07 Å². The molecule has 2 rings (SSSR count). The van der Waals surface area contributed by atoms with Crippen LogP contribution < -0.4 is 10.1 Å². The number of rotatable bonds is 1. The second-order valence-corrected chi connectivity index (χ2v) is 3.39. The van der Waals surface area contributed by atoms with Crippen molar-refractivity contribution >= 4 is 5.69 Å². The fourth-order valence-electron chi connectivity index (χ4n) is 1.53. The predicted octanol–water partition coefficient (Wildman–Crippen LogP) is 1.38. The standard InChI is InChI=1S/C10H12FNO2/c1-6-9(5-13)14-10-7(11)3-2-4-8(10)12-6/h2-4,6,9,12-13H,5H2,1H3. The molecule has 1 heterocycles. The van der Waals surface area contributed by atoms with Crippen LogP contribution in [0.4, 0.5) is 10.1 Å². The number of para-hydroxylation sites is 1. The molecule has 0 radical (unpaired) electrons. The number of benzene rings is 1. The maximum absolute atomic E-state index is 13.3. The van der Waals surface area contributed by atoms with Crippen LogP contribution in [0.3, 0.4) is 0 Å². The Morgan fingerprint density at radius 3 is 3.07 bits per heavy atom. The Balaban J connectivity index is 2.36. The third-order valence-corrected chi connectivity index (χ3v) is 2.36. The number of aliphatic hydroxyl groups excluding tert-OH is 1. The zero-order valence-corrected chi connectivity index (χ0v) is 7.83. The Morgan fingerprint density at radius 2 is 2.36 bits per heavy atom. The van der Waals surface area contributed by atoms with Crippen LogP contribution in [0, 0.1) is 5.82 Å². The van der Waals surface area contributed by atoms with Crippen LogP contribution in [0.1, 0.15) is 6.92 Å². The summed E-state index contributed by atoms with van der Waals surface area (Å²) in [5.41, 5.74) is 0.641. The lowest BCUT2D eigenvalue weighted by Crippen LogP contribution is -2.42. The molecule has 0 amide bonds. The van der Waals surface area contributed by atoms with Gasteiger partial charge in [-0.1, -0.05) is 6.07 Å². The summed E-state index contributed by atoms with van der Waals surface area (Å²) < 4.78 is 18.6. The van der Waals surface area contributed by atoms with Gasteiger partial charge in [-0.05, 0) is 19.1 Å². The SMILES string of the molecule is CC1Nc2cccc(F)c2OC1CO. The molecule has 0 saturated carbocycles. The van der Waals surface area contributed by atoms with Crippen LogP contribution in [0.2, 0.25) is 0 Å². The number of hydrogen-bond acceptors (Lipinski definition) is 3. The van der Waals surface area contributed by atoms with Crippen LogP contribution in [0.5, 0.6) is 5.75 Å². The van der Waals surface area contributed by atoms with Crippen molar-refractivity contribution in [2.75, 3.05) is 11.9 Å². The van der Waals surface area contributed by atoms with Gasteiger partial charge < -0.3 is 15.2 Å². The van der Waals surface area contributed by atoms with E-state index >= 15 is 0 Å². The minimum Gasteiger partial charge on any atom is -0.481 e. The van der Waals surface area contributed by atoms with Gasteiger partial charge >= 0.3 is 0 Å². The van der Waals surface area contributed by atoms with Crippen molar-refractivity contribution in [3.63, 3.8) is 0 Å². The molecule has 4 heteroatoms. The normalized spacial score (nSPS) is 24.8. The molecular weight excluding hydrogens is 185 g/mol. The zero-order chi connectivity index (χ0) is 10.1. The number of hydrogen-bond donors (Lipinski definition) is 2. The Hall–Kier alpha value is -1.29. The highest BCUT2D eigenvalue weighted by Crippen LogP contribution is 2.33. The van der Waals surface area contributed by atoms with E-state index in [9.17, 15) is 4.39 Å². The second kappa shape index (κ2) is 3.46. The van der Waals surface area contributed by atoms with E-state index < -0.39 is 5.82 Å². The fourth-order valence-corrected chi connectivity index (χ4v) is 1.53. The molecule has 0 bridgehead atoms. The molecule has 76 valence electrons. The maximum Gasteiger partial charge on any atom is 0.178 e. The topological polar surface area (TPSA) is 41.5 Å². The summed E-state index contributed by atoms with van der Waals surface area (Å²) in [6, 6.07) is 4.69. The van der Waals surface area contributed by atoms with Gasteiger partial charge in [0.1, 0.15) is 6.10 Å². The van der Waals surface area contributed by atoms with Gasteiger partial charge in [-0.15, -0.1) is 0 Å². The summed E-state index contributed by atoms with van der Waals surface area (Å²) >= 11 is 0. The van der Waals surface area contributed by atoms with Crippen LogP contribution >= 0.6 is 0 Å². The number of anilines is 1. The van der Waals surface area contributed by atoms with Gasteiger partial charge in [-0.3, -0.25) is 0 Å². The van der Waals surface area contributed by atoms with Crippen molar-refractivity contribution in [1.29, 1.82) is 0 Å². The molecule has 0 aromatic heterocycles. The number of halogens is 1. The second-order valence-electron chi connectivity index (χ2n) is 3.39. The molecule has 1 aromatic rings. The first kappa shape index (κ1) is 9.27. The monoisotopic (exact) mass is 197 g/mol. The maximum atomic E-state index is 13.3. The minimum absolute atomic E-state index is 0.0192. The van der Waals surface area contributed by atoms with E-state index in [1.807, 2.05) is 6.92 Å². The quantitative estimate of drug-likeness (QED) is 0.714. The van der Waals surface area contributed by atoms with Gasteiger partial charge in [0.25, 0.3) is 0 Å².